The molecule has 2 rings (SSSR count). The van der Waals surface area contributed by atoms with Crippen LogP contribution in [0.2, 0.25) is 0 Å². The second-order valence-corrected chi connectivity index (χ2v) is 8.01. The van der Waals surface area contributed by atoms with E-state index in [2.05, 4.69) is 31.0 Å². The van der Waals surface area contributed by atoms with Gasteiger partial charge in [0, 0.05) is 13.1 Å². The fraction of sp³-hybridized carbons (Fsp3) is 0.889. The number of hydrogen-bond donors (Lipinski definition) is 3. The van der Waals surface area contributed by atoms with Crippen LogP contribution in [0, 0.1) is 5.92 Å². The molecule has 0 radical (unpaired) electrons. The van der Waals surface area contributed by atoms with Crippen LogP contribution in [0.15, 0.2) is 9.98 Å². The molecule has 1 aromatic rings. The Bertz CT molecular complexity index is 583. The van der Waals surface area contributed by atoms with Crippen LogP contribution in [-0.2, 0) is 0 Å². The zero-order chi connectivity index (χ0) is 17.7. The lowest BCUT2D eigenvalue weighted by Crippen LogP contribution is -2.27. The second kappa shape index (κ2) is 12.4. The van der Waals surface area contributed by atoms with Crippen LogP contribution in [0.5, 0.6) is 0 Å². The van der Waals surface area contributed by atoms with E-state index in [4.69, 9.17) is 0 Å². The van der Waals surface area contributed by atoms with Crippen LogP contribution >= 0.6 is 11.1 Å². The SMILES string of the molecule is CCCCCCNCCCN=c1[nH][s+]([O-])[nH]c1=NCC1CCCCC1. The molecule has 0 amide bonds. The van der Waals surface area contributed by atoms with Crippen molar-refractivity contribution in [2.75, 3.05) is 26.2 Å². The summed E-state index contributed by atoms with van der Waals surface area (Å²) in [5, 5.41) is 3.46. The quantitative estimate of drug-likeness (QED) is 0.413. The maximum Gasteiger partial charge on any atom is 0.219 e. The zero-order valence-corrected chi connectivity index (χ0v) is 16.5. The van der Waals surface area contributed by atoms with Gasteiger partial charge in [-0.05, 0) is 44.7 Å². The molecule has 6 nitrogen and oxygen atoms in total. The van der Waals surface area contributed by atoms with Crippen LogP contribution in [-0.4, -0.2) is 39.5 Å². The molecular weight excluding hydrogens is 334 g/mol. The van der Waals surface area contributed by atoms with Crippen LogP contribution < -0.4 is 16.3 Å². The van der Waals surface area contributed by atoms with Gasteiger partial charge < -0.3 is 9.87 Å². The van der Waals surface area contributed by atoms with Gasteiger partial charge in [0.1, 0.15) is 11.1 Å². The van der Waals surface area contributed by atoms with Crippen molar-refractivity contribution in [3.8, 4) is 0 Å². The van der Waals surface area contributed by atoms with Crippen molar-refractivity contribution in [3.05, 3.63) is 11.0 Å². The molecular formula is C18H35N5OS. The van der Waals surface area contributed by atoms with Crippen molar-refractivity contribution < 1.29 is 4.55 Å². The molecule has 0 saturated heterocycles. The summed E-state index contributed by atoms with van der Waals surface area (Å²) < 4.78 is 17.5. The highest BCUT2D eigenvalue weighted by atomic mass is 32.2. The van der Waals surface area contributed by atoms with E-state index in [9.17, 15) is 4.55 Å². The average Bonchev–Trinajstić information content (AvgIpc) is 2.99. The summed E-state index contributed by atoms with van der Waals surface area (Å²) in [7, 11) is 0. The van der Waals surface area contributed by atoms with E-state index >= 15 is 0 Å². The van der Waals surface area contributed by atoms with Gasteiger partial charge in [-0.25, -0.2) is 0 Å². The van der Waals surface area contributed by atoms with Gasteiger partial charge >= 0.3 is 0 Å². The van der Waals surface area contributed by atoms with E-state index in [0.717, 1.165) is 32.6 Å². The molecule has 0 aromatic carbocycles. The Morgan fingerprint density at radius 3 is 2.48 bits per heavy atom. The molecule has 1 unspecified atom stereocenters. The molecule has 1 heterocycles. The predicted octanol–water partition coefficient (Wildman–Crippen LogP) is 3.01. The smallest absolute Gasteiger partial charge is 0.219 e. The predicted molar refractivity (Wildman–Crippen MR) is 103 cm³/mol. The highest BCUT2D eigenvalue weighted by Gasteiger charge is 2.12. The third-order valence-corrected chi connectivity index (χ3v) is 5.58. The highest BCUT2D eigenvalue weighted by Crippen LogP contribution is 2.23. The fourth-order valence-electron chi connectivity index (χ4n) is 3.30. The number of nitrogens with zero attached hydrogens (tertiary/aromatic N) is 2. The van der Waals surface area contributed by atoms with Crippen molar-refractivity contribution in [3.63, 3.8) is 0 Å². The van der Waals surface area contributed by atoms with Crippen LogP contribution in [0.4, 0.5) is 0 Å². The number of rotatable bonds is 11. The number of aromatic nitrogens is 2. The van der Waals surface area contributed by atoms with Crippen molar-refractivity contribution >= 4 is 11.1 Å². The van der Waals surface area contributed by atoms with Gasteiger partial charge in [0.05, 0.1) is 0 Å². The van der Waals surface area contributed by atoms with E-state index in [-0.39, 0.29) is 0 Å². The lowest BCUT2D eigenvalue weighted by Gasteiger charge is -2.18. The lowest BCUT2D eigenvalue weighted by molar-refractivity contribution is 0.364. The van der Waals surface area contributed by atoms with Crippen LogP contribution in [0.1, 0.15) is 71.1 Å². The molecule has 1 aromatic heterocycles. The number of hydrogen-bond acceptors (Lipinski definition) is 4. The molecule has 1 fully saturated rings. The van der Waals surface area contributed by atoms with Crippen LogP contribution in [0.3, 0.4) is 0 Å². The molecule has 25 heavy (non-hydrogen) atoms. The molecule has 3 N–H and O–H groups in total. The largest absolute Gasteiger partial charge is 0.549 e. The topological polar surface area (TPSA) is 91.4 Å². The Kier molecular flexibility index (Phi) is 10.1. The van der Waals surface area contributed by atoms with Crippen molar-refractivity contribution in [1.29, 1.82) is 0 Å². The molecule has 1 aliphatic rings. The molecule has 0 aliphatic heterocycles. The van der Waals surface area contributed by atoms with E-state index in [0.29, 0.717) is 16.9 Å². The number of aromatic amines is 2. The summed E-state index contributed by atoms with van der Waals surface area (Å²) in [5.74, 6) is 0.676. The molecule has 0 bridgehead atoms. The summed E-state index contributed by atoms with van der Waals surface area (Å²) in [5.41, 5.74) is 1.34. The number of nitrogens with one attached hydrogen (secondary N) is 3. The lowest BCUT2D eigenvalue weighted by atomic mass is 9.89. The van der Waals surface area contributed by atoms with Gasteiger partial charge in [-0.2, -0.15) is 8.75 Å². The maximum atomic E-state index is 11.7. The molecule has 1 aliphatic carbocycles. The Balaban J connectivity index is 1.74. The van der Waals surface area contributed by atoms with Crippen molar-refractivity contribution in [1.82, 2.24) is 14.1 Å². The first-order chi connectivity index (χ1) is 12.3. The first-order valence-corrected chi connectivity index (χ1v) is 11.2. The molecule has 1 atom stereocenters. The minimum absolute atomic E-state index is 0.664. The normalized spacial score (nSPS) is 18.2. The summed E-state index contributed by atoms with van der Waals surface area (Å²) in [4.78, 5) is 9.18. The summed E-state index contributed by atoms with van der Waals surface area (Å²) >= 11 is -1.28. The third-order valence-electron chi connectivity index (χ3n) is 4.82. The van der Waals surface area contributed by atoms with Gasteiger partial charge in [0.2, 0.25) is 11.0 Å². The van der Waals surface area contributed by atoms with Gasteiger partial charge in [0.25, 0.3) is 0 Å². The van der Waals surface area contributed by atoms with Crippen LogP contribution in [0.25, 0.3) is 0 Å². The minimum Gasteiger partial charge on any atom is -0.549 e. The average molecular weight is 370 g/mol. The first-order valence-electron chi connectivity index (χ1n) is 10.0. The minimum atomic E-state index is -1.28. The third kappa shape index (κ3) is 8.33. The van der Waals surface area contributed by atoms with Crippen molar-refractivity contribution in [2.24, 2.45) is 15.9 Å². The molecule has 0 spiro atoms. The van der Waals surface area contributed by atoms with Crippen molar-refractivity contribution in [2.45, 2.75) is 71.1 Å². The second-order valence-electron chi connectivity index (χ2n) is 7.06. The van der Waals surface area contributed by atoms with Gasteiger partial charge in [-0.1, -0.05) is 45.4 Å². The van der Waals surface area contributed by atoms with Gasteiger partial charge in [-0.3, -0.25) is 9.98 Å². The summed E-state index contributed by atoms with van der Waals surface area (Å²) in [6.45, 7) is 5.85. The van der Waals surface area contributed by atoms with Gasteiger partial charge in [0.15, 0.2) is 0 Å². The molecule has 1 saturated carbocycles. The zero-order valence-electron chi connectivity index (χ0n) is 15.7. The van der Waals surface area contributed by atoms with E-state index in [1.165, 1.54) is 57.8 Å². The maximum absolute atomic E-state index is 11.7. The molecule has 144 valence electrons. The number of H-pyrrole nitrogens is 2. The van der Waals surface area contributed by atoms with E-state index in [1.54, 1.807) is 0 Å². The van der Waals surface area contributed by atoms with E-state index in [1.807, 2.05) is 0 Å². The number of unbranched alkanes of at least 4 members (excludes halogenated alkanes) is 3. The Labute approximate surface area is 154 Å². The Morgan fingerprint density at radius 1 is 1.00 bits per heavy atom. The Hall–Kier alpha value is -0.920. The molecule has 7 heteroatoms. The monoisotopic (exact) mass is 369 g/mol. The highest BCUT2D eigenvalue weighted by molar-refractivity contribution is 7.13. The summed E-state index contributed by atoms with van der Waals surface area (Å²) in [6.07, 6.45) is 12.7. The summed E-state index contributed by atoms with van der Waals surface area (Å²) in [6, 6.07) is 0. The van der Waals surface area contributed by atoms with E-state index < -0.39 is 11.1 Å². The first kappa shape index (κ1) is 20.4. The van der Waals surface area contributed by atoms with Gasteiger partial charge in [-0.15, -0.1) is 0 Å². The fourth-order valence-corrected chi connectivity index (χ4v) is 4.02. The Morgan fingerprint density at radius 2 is 1.72 bits per heavy atom. The standard InChI is InChI=1S/C18H35N5OS/c1-2-3-4-8-12-19-13-9-14-20-17-18(23-25(24)22-17)21-15-16-10-6-5-7-11-16/h16,19H,2-15H2,1H3,(H,20,22)(H,21,23).